The molecule has 5 rings (SSSR count). The second kappa shape index (κ2) is 5.49. The molecule has 0 saturated carbocycles. The van der Waals surface area contributed by atoms with Gasteiger partial charge in [0.05, 0.1) is 0 Å². The first-order chi connectivity index (χ1) is 12.4. The number of rotatable bonds is 2. The van der Waals surface area contributed by atoms with E-state index in [1.54, 1.807) is 0 Å². The molecule has 3 aliphatic heterocycles. The van der Waals surface area contributed by atoms with E-state index in [1.165, 1.54) is 0 Å². The van der Waals surface area contributed by atoms with Crippen molar-refractivity contribution in [1.82, 2.24) is 4.90 Å². The van der Waals surface area contributed by atoms with Crippen molar-refractivity contribution in [2.75, 3.05) is 0 Å². The topological polar surface area (TPSA) is 52.7 Å². The lowest BCUT2D eigenvalue weighted by Gasteiger charge is -2.31. The average molecular weight is 323 g/mol. The summed E-state index contributed by atoms with van der Waals surface area (Å²) in [5.41, 5.74) is 1.93. The van der Waals surface area contributed by atoms with E-state index in [-0.39, 0.29) is 0 Å². The highest BCUT2D eigenvalue weighted by molar-refractivity contribution is 6.25. The maximum absolute atomic E-state index is 4.68. The molecule has 0 bridgehead atoms. The van der Waals surface area contributed by atoms with Crippen LogP contribution >= 0.6 is 0 Å². The normalized spacial score (nSPS) is 17.8. The van der Waals surface area contributed by atoms with Gasteiger partial charge in [-0.15, -0.1) is 0 Å². The van der Waals surface area contributed by atoms with Crippen LogP contribution in [0.2, 0.25) is 0 Å². The van der Waals surface area contributed by atoms with Crippen molar-refractivity contribution in [3.05, 3.63) is 95.8 Å². The van der Waals surface area contributed by atoms with E-state index in [4.69, 9.17) is 0 Å². The quantitative estimate of drug-likeness (QED) is 0.836. The van der Waals surface area contributed by atoms with Gasteiger partial charge in [0.15, 0.2) is 11.7 Å². The molecule has 0 fully saturated rings. The fraction of sp³-hybridized carbons (Fsp3) is 0. The highest BCUT2D eigenvalue weighted by Gasteiger charge is 2.30. The number of aliphatic imine (C=N–C) groups is 4. The van der Waals surface area contributed by atoms with E-state index in [0.29, 0.717) is 17.6 Å². The van der Waals surface area contributed by atoms with Gasteiger partial charge in [0.25, 0.3) is 0 Å². The molecule has 25 heavy (non-hydrogen) atoms. The summed E-state index contributed by atoms with van der Waals surface area (Å²) in [5.74, 6) is 3.46. The van der Waals surface area contributed by atoms with Crippen molar-refractivity contribution in [3.63, 3.8) is 0 Å². The molecule has 3 aliphatic rings. The Kier molecular flexibility index (Phi) is 3.03. The Labute approximate surface area is 144 Å². The Morgan fingerprint density at radius 2 is 1.28 bits per heavy atom. The van der Waals surface area contributed by atoms with Gasteiger partial charge in [-0.3, -0.25) is 0 Å². The first-order valence-electron chi connectivity index (χ1n) is 8.03. The summed E-state index contributed by atoms with van der Waals surface area (Å²) >= 11 is 0. The van der Waals surface area contributed by atoms with Crippen LogP contribution in [0.25, 0.3) is 0 Å². The summed E-state index contributed by atoms with van der Waals surface area (Å²) in [6.07, 6.45) is 5.84. The van der Waals surface area contributed by atoms with Crippen molar-refractivity contribution in [2.45, 2.75) is 0 Å². The fourth-order valence-electron chi connectivity index (χ4n) is 2.88. The van der Waals surface area contributed by atoms with Crippen LogP contribution in [0.5, 0.6) is 0 Å². The predicted molar refractivity (Wildman–Crippen MR) is 99.9 cm³/mol. The summed E-state index contributed by atoms with van der Waals surface area (Å²) in [6.45, 7) is 0. The SMILES string of the molecule is C1=CC2=NC(c3ccccc3)=NC3=NC(c4ccccc4)=NC(=C1)N23. The molecule has 0 spiro atoms. The molecule has 0 atom stereocenters. The van der Waals surface area contributed by atoms with E-state index in [1.807, 2.05) is 83.8 Å². The molecular formula is C20H13N5. The summed E-state index contributed by atoms with van der Waals surface area (Å²) < 4.78 is 0. The fourth-order valence-corrected chi connectivity index (χ4v) is 2.88. The maximum Gasteiger partial charge on any atom is 0.241 e. The number of hydrogen-bond acceptors (Lipinski definition) is 5. The second-order valence-corrected chi connectivity index (χ2v) is 5.70. The molecular weight excluding hydrogens is 310 g/mol. The zero-order valence-electron chi connectivity index (χ0n) is 13.2. The molecule has 0 aromatic heterocycles. The number of allylic oxidation sites excluding steroid dienone is 2. The van der Waals surface area contributed by atoms with Gasteiger partial charge in [-0.25, -0.2) is 14.9 Å². The summed E-state index contributed by atoms with van der Waals surface area (Å²) in [4.78, 5) is 20.6. The van der Waals surface area contributed by atoms with Gasteiger partial charge in [-0.2, -0.15) is 9.98 Å². The molecule has 0 amide bonds. The van der Waals surface area contributed by atoms with Crippen molar-refractivity contribution < 1.29 is 0 Å². The smallest absolute Gasteiger partial charge is 0.241 e. The maximum atomic E-state index is 4.68. The molecule has 5 heteroatoms. The van der Waals surface area contributed by atoms with Crippen molar-refractivity contribution in [2.24, 2.45) is 20.0 Å². The molecule has 2 aromatic carbocycles. The van der Waals surface area contributed by atoms with Gasteiger partial charge in [-0.1, -0.05) is 66.7 Å². The predicted octanol–water partition coefficient (Wildman–Crippen LogP) is 3.37. The molecule has 0 radical (unpaired) electrons. The van der Waals surface area contributed by atoms with E-state index in [0.717, 1.165) is 22.8 Å². The van der Waals surface area contributed by atoms with Crippen molar-refractivity contribution >= 4 is 23.5 Å². The zero-order valence-corrected chi connectivity index (χ0v) is 13.2. The lowest BCUT2D eigenvalue weighted by molar-refractivity contribution is 0.711. The Hall–Kier alpha value is -3.60. The van der Waals surface area contributed by atoms with Gasteiger partial charge in [0, 0.05) is 11.1 Å². The number of amidine groups is 3. The third kappa shape index (κ3) is 2.33. The molecule has 2 aromatic rings. The summed E-state index contributed by atoms with van der Waals surface area (Å²) in [7, 11) is 0. The third-order valence-electron chi connectivity index (χ3n) is 4.07. The van der Waals surface area contributed by atoms with Gasteiger partial charge < -0.3 is 0 Å². The highest BCUT2D eigenvalue weighted by Crippen LogP contribution is 2.25. The monoisotopic (exact) mass is 323 g/mol. The van der Waals surface area contributed by atoms with Gasteiger partial charge in [0.2, 0.25) is 5.96 Å². The molecule has 0 unspecified atom stereocenters. The second-order valence-electron chi connectivity index (χ2n) is 5.70. The van der Waals surface area contributed by atoms with Crippen LogP contribution in [0, 0.1) is 0 Å². The number of benzene rings is 2. The first kappa shape index (κ1) is 13.8. The van der Waals surface area contributed by atoms with Crippen molar-refractivity contribution in [1.29, 1.82) is 0 Å². The largest absolute Gasteiger partial charge is 0.246 e. The average Bonchev–Trinajstić information content (AvgIpc) is 2.69. The first-order valence-corrected chi connectivity index (χ1v) is 8.03. The van der Waals surface area contributed by atoms with Gasteiger partial charge >= 0.3 is 0 Å². The van der Waals surface area contributed by atoms with E-state index in [9.17, 15) is 0 Å². The number of guanidine groups is 1. The summed E-state index contributed by atoms with van der Waals surface area (Å²) in [6, 6.07) is 19.9. The Morgan fingerprint density at radius 1 is 0.640 bits per heavy atom. The van der Waals surface area contributed by atoms with Crippen LogP contribution in [0.4, 0.5) is 0 Å². The lowest BCUT2D eigenvalue weighted by Crippen LogP contribution is -2.41. The minimum Gasteiger partial charge on any atom is -0.246 e. The summed E-state index contributed by atoms with van der Waals surface area (Å²) in [5, 5.41) is 0. The minimum atomic E-state index is 0.591. The zero-order chi connectivity index (χ0) is 16.6. The van der Waals surface area contributed by atoms with Crippen LogP contribution in [-0.2, 0) is 0 Å². The van der Waals surface area contributed by atoms with Gasteiger partial charge in [-0.05, 0) is 12.2 Å². The van der Waals surface area contributed by atoms with Crippen LogP contribution in [0.3, 0.4) is 0 Å². The molecule has 118 valence electrons. The molecule has 0 N–H and O–H groups in total. The van der Waals surface area contributed by atoms with Gasteiger partial charge in [0.1, 0.15) is 11.7 Å². The third-order valence-corrected chi connectivity index (χ3v) is 4.07. The van der Waals surface area contributed by atoms with Crippen LogP contribution in [0.1, 0.15) is 11.1 Å². The lowest BCUT2D eigenvalue weighted by atomic mass is 10.2. The molecule has 0 saturated heterocycles. The Balaban J connectivity index is 1.66. The highest BCUT2D eigenvalue weighted by atomic mass is 15.4. The minimum absolute atomic E-state index is 0.591. The van der Waals surface area contributed by atoms with E-state index >= 15 is 0 Å². The van der Waals surface area contributed by atoms with E-state index in [2.05, 4.69) is 20.0 Å². The standard InChI is InChI=1S/C20H13N5/c1-3-8-14(9-4-1)18-21-16-12-7-13-17-22-19(15-10-5-2-6-11-15)24-20(23-18)25(16)17/h1-13H. The number of hydrogen-bond donors (Lipinski definition) is 0. The van der Waals surface area contributed by atoms with Crippen LogP contribution < -0.4 is 0 Å². The number of nitrogens with zero attached hydrogens (tertiary/aromatic N) is 5. The molecule has 0 aliphatic carbocycles. The molecule has 3 heterocycles. The molecule has 5 nitrogen and oxygen atoms in total. The Bertz CT molecular complexity index is 985. The Morgan fingerprint density at radius 3 is 1.96 bits per heavy atom. The van der Waals surface area contributed by atoms with Crippen LogP contribution in [0.15, 0.2) is 105 Å². The van der Waals surface area contributed by atoms with Crippen LogP contribution in [-0.4, -0.2) is 28.4 Å². The van der Waals surface area contributed by atoms with Crippen molar-refractivity contribution in [3.8, 4) is 0 Å². The van der Waals surface area contributed by atoms with E-state index < -0.39 is 0 Å².